The van der Waals surface area contributed by atoms with Crippen molar-refractivity contribution in [1.29, 1.82) is 0 Å². The van der Waals surface area contributed by atoms with E-state index >= 15 is 0 Å². The molecule has 44 heavy (non-hydrogen) atoms. The molecule has 23 heteroatoms. The number of imidazole rings is 1. The van der Waals surface area contributed by atoms with Gasteiger partial charge in [0.1, 0.15) is 36.3 Å². The van der Waals surface area contributed by atoms with E-state index in [-0.39, 0.29) is 35.9 Å². The molecule has 3 heterocycles. The Kier molecular flexibility index (Phi) is 12.3. The highest BCUT2D eigenvalue weighted by atomic mass is 32.1. The van der Waals surface area contributed by atoms with E-state index in [1.165, 1.54) is 24.7 Å². The molecule has 0 aromatic carbocycles. The quantitative estimate of drug-likeness (QED) is 0.0696. The Bertz CT molecular complexity index is 1420. The minimum atomic E-state index is -5.35. The van der Waals surface area contributed by atoms with Crippen molar-refractivity contribution in [3.05, 3.63) is 12.7 Å². The van der Waals surface area contributed by atoms with Crippen LogP contribution in [0.1, 0.15) is 26.5 Å². The fourth-order valence-corrected chi connectivity index (χ4v) is 6.22. The number of nitrogens with zero attached hydrogens (tertiary/aromatic N) is 4. The van der Waals surface area contributed by atoms with Gasteiger partial charge in [-0.15, -0.1) is 0 Å². The smallest absolute Gasteiger partial charge is 0.387 e. The predicted molar refractivity (Wildman–Crippen MR) is 153 cm³/mol. The molecule has 0 spiro atoms. The van der Waals surface area contributed by atoms with Crippen molar-refractivity contribution in [2.75, 3.05) is 37.8 Å². The number of fused-ring (bicyclic) bond motifs is 1. The summed E-state index contributed by atoms with van der Waals surface area (Å²) >= 11 is 3.96. The number of hydrogen-bond donors (Lipinski definition) is 9. The molecule has 0 radical (unpaired) electrons. The zero-order valence-electron chi connectivity index (χ0n) is 23.5. The van der Waals surface area contributed by atoms with Crippen LogP contribution in [0.4, 0.5) is 5.82 Å². The lowest BCUT2D eigenvalue weighted by Crippen LogP contribution is -2.46. The summed E-state index contributed by atoms with van der Waals surface area (Å²) in [5.74, 6) is -0.760. The third kappa shape index (κ3) is 9.38. The molecule has 20 nitrogen and oxygen atoms in total. The summed E-state index contributed by atoms with van der Waals surface area (Å²) in [6.07, 6.45) is -5.39. The monoisotopic (exact) mass is 687 g/mol. The number of ether oxygens (including phenoxy) is 1. The molecule has 0 saturated carbocycles. The maximum Gasteiger partial charge on any atom is 0.481 e. The number of phosphoric ester groups is 2. The maximum absolute atomic E-state index is 12.4. The van der Waals surface area contributed by atoms with Crippen LogP contribution < -0.4 is 16.4 Å². The average Bonchev–Trinajstić information content (AvgIpc) is 3.50. The minimum Gasteiger partial charge on any atom is -0.387 e. The van der Waals surface area contributed by atoms with Crippen molar-refractivity contribution in [2.45, 2.75) is 50.9 Å². The molecule has 3 rings (SSSR count). The Labute approximate surface area is 255 Å². The van der Waals surface area contributed by atoms with E-state index in [1.54, 1.807) is 0 Å². The summed E-state index contributed by atoms with van der Waals surface area (Å²) in [4.78, 5) is 55.7. The zero-order chi connectivity index (χ0) is 32.9. The van der Waals surface area contributed by atoms with Crippen molar-refractivity contribution in [3.63, 3.8) is 0 Å². The molecule has 2 aromatic rings. The van der Waals surface area contributed by atoms with Crippen molar-refractivity contribution >= 4 is 57.1 Å². The maximum atomic E-state index is 12.4. The van der Waals surface area contributed by atoms with E-state index in [4.69, 9.17) is 19.5 Å². The normalized spacial score (nSPS) is 24.0. The van der Waals surface area contributed by atoms with Gasteiger partial charge >= 0.3 is 15.6 Å². The van der Waals surface area contributed by atoms with Gasteiger partial charge in [-0.05, 0) is 0 Å². The second-order valence-electron chi connectivity index (χ2n) is 10.2. The van der Waals surface area contributed by atoms with Crippen molar-refractivity contribution < 1.29 is 61.9 Å². The number of aromatic nitrogens is 4. The molecular formula is C21H35N7O13P2S. The number of aliphatic hydroxyl groups excluding tert-OH is 3. The van der Waals surface area contributed by atoms with Gasteiger partial charge < -0.3 is 46.2 Å². The highest BCUT2D eigenvalue weighted by Crippen LogP contribution is 2.61. The first kappa shape index (κ1) is 36.2. The molecular weight excluding hydrogens is 652 g/mol. The second-order valence-corrected chi connectivity index (χ2v) is 13.7. The van der Waals surface area contributed by atoms with Gasteiger partial charge in [0.05, 0.1) is 19.5 Å². The molecule has 7 atom stereocenters. The van der Waals surface area contributed by atoms with Crippen LogP contribution in [0.25, 0.3) is 11.2 Å². The topological polar surface area (TPSA) is 300 Å². The molecule has 248 valence electrons. The number of thiol groups is 1. The van der Waals surface area contributed by atoms with Crippen LogP contribution in [0.5, 0.6) is 0 Å². The largest absolute Gasteiger partial charge is 0.481 e. The number of carbonyl (C=O) groups is 2. The lowest BCUT2D eigenvalue weighted by atomic mass is 9.87. The lowest BCUT2D eigenvalue weighted by molar-refractivity contribution is -0.137. The SMILES string of the molecule is CC(C)(COP(=O)(O)OP(=O)(O)OC[C@@H]1O[C@H](n2cnc3c(N)ncnc32)[C@@H](O)[C@H]1O)[C@@H](O)C(=O)NCCC(=O)NCCS. The number of aliphatic hydroxyl groups is 3. The number of rotatable bonds is 16. The highest BCUT2D eigenvalue weighted by Gasteiger charge is 2.46. The molecule has 1 aliphatic rings. The van der Waals surface area contributed by atoms with Crippen LogP contribution in [0.15, 0.2) is 12.7 Å². The molecule has 0 bridgehead atoms. The van der Waals surface area contributed by atoms with Crippen LogP contribution in [0.2, 0.25) is 0 Å². The van der Waals surface area contributed by atoms with E-state index in [0.717, 1.165) is 6.33 Å². The van der Waals surface area contributed by atoms with Crippen LogP contribution >= 0.6 is 28.3 Å². The number of nitrogen functional groups attached to an aromatic ring is 1. The van der Waals surface area contributed by atoms with Crippen LogP contribution in [0.3, 0.4) is 0 Å². The minimum absolute atomic E-state index is 0.0540. The average molecular weight is 688 g/mol. The first-order valence-electron chi connectivity index (χ1n) is 12.9. The fourth-order valence-electron chi connectivity index (χ4n) is 3.86. The molecule has 1 fully saturated rings. The van der Waals surface area contributed by atoms with E-state index in [9.17, 15) is 43.8 Å². The van der Waals surface area contributed by atoms with E-state index in [1.807, 2.05) is 0 Å². The van der Waals surface area contributed by atoms with Crippen LogP contribution in [-0.2, 0) is 36.8 Å². The standard InChI is InChI=1S/C21H35N7O13P2S/c1-21(2,16(32)19(33)24-4-3-12(29)23-5-6-44)8-39-43(36,37)41-42(34,35)38-7-11-14(30)15(31)20(40-11)28-10-27-13-17(22)25-9-26-18(13)28/h9-11,14-16,20,30-32,44H,3-8H2,1-2H3,(H,23,29)(H,24,33)(H,34,35)(H,36,37)(H2,22,25,26)/t11-,14-,15-,16-,20-/m0/s1. The number of phosphoric acid groups is 2. The van der Waals surface area contributed by atoms with E-state index in [0.29, 0.717) is 12.3 Å². The van der Waals surface area contributed by atoms with Gasteiger partial charge in [-0.3, -0.25) is 23.2 Å². The van der Waals surface area contributed by atoms with Crippen molar-refractivity contribution in [3.8, 4) is 0 Å². The third-order valence-electron chi connectivity index (χ3n) is 6.28. The number of amides is 2. The second kappa shape index (κ2) is 14.9. The van der Waals surface area contributed by atoms with Gasteiger partial charge in [0, 0.05) is 30.7 Å². The number of hydrogen-bond acceptors (Lipinski definition) is 16. The Morgan fingerprint density at radius 2 is 1.82 bits per heavy atom. The van der Waals surface area contributed by atoms with E-state index < -0.39 is 70.8 Å². The Morgan fingerprint density at radius 3 is 2.50 bits per heavy atom. The molecule has 0 aliphatic carbocycles. The molecule has 2 aromatic heterocycles. The van der Waals surface area contributed by atoms with Crippen molar-refractivity contribution in [1.82, 2.24) is 30.2 Å². The molecule has 1 aliphatic heterocycles. The summed E-state index contributed by atoms with van der Waals surface area (Å²) in [6.45, 7) is 1.16. The Balaban J connectivity index is 1.50. The number of nitrogens with two attached hydrogens (primary N) is 1. The number of carbonyl (C=O) groups excluding carboxylic acids is 2. The summed E-state index contributed by atoms with van der Waals surface area (Å²) in [6, 6.07) is 0. The number of anilines is 1. The fraction of sp³-hybridized carbons (Fsp3) is 0.667. The highest BCUT2D eigenvalue weighted by molar-refractivity contribution is 7.80. The number of nitrogens with one attached hydrogen (secondary N) is 2. The van der Waals surface area contributed by atoms with E-state index in [2.05, 4.69) is 42.5 Å². The third-order valence-corrected chi connectivity index (χ3v) is 9.09. The zero-order valence-corrected chi connectivity index (χ0v) is 26.2. The summed E-state index contributed by atoms with van der Waals surface area (Å²) in [7, 11) is -10.7. The molecule has 9 N–H and O–H groups in total. The van der Waals surface area contributed by atoms with Gasteiger partial charge in [0.15, 0.2) is 17.7 Å². The summed E-state index contributed by atoms with van der Waals surface area (Å²) in [5, 5.41) is 36.2. The first-order valence-corrected chi connectivity index (χ1v) is 16.5. The van der Waals surface area contributed by atoms with Crippen LogP contribution in [0, 0.1) is 5.41 Å². The predicted octanol–water partition coefficient (Wildman–Crippen LogP) is -1.78. The first-order chi connectivity index (χ1) is 20.5. The Morgan fingerprint density at radius 1 is 1.14 bits per heavy atom. The van der Waals surface area contributed by atoms with Gasteiger partial charge in [-0.1, -0.05) is 13.8 Å². The molecule has 2 amide bonds. The Hall–Kier alpha value is -2.26. The van der Waals surface area contributed by atoms with Gasteiger partial charge in [0.25, 0.3) is 0 Å². The summed E-state index contributed by atoms with van der Waals surface area (Å²) < 4.78 is 45.3. The van der Waals surface area contributed by atoms with Crippen LogP contribution in [-0.4, -0.2) is 113 Å². The summed E-state index contributed by atoms with van der Waals surface area (Å²) in [5.41, 5.74) is 4.60. The van der Waals surface area contributed by atoms with Gasteiger partial charge in [-0.2, -0.15) is 16.9 Å². The van der Waals surface area contributed by atoms with Gasteiger partial charge in [-0.25, -0.2) is 24.1 Å². The van der Waals surface area contributed by atoms with Gasteiger partial charge in [0.2, 0.25) is 11.8 Å². The molecule has 2 unspecified atom stereocenters. The lowest BCUT2D eigenvalue weighted by Gasteiger charge is -2.30. The molecule has 1 saturated heterocycles. The van der Waals surface area contributed by atoms with Crippen molar-refractivity contribution in [2.24, 2.45) is 5.41 Å².